The zero-order valence-corrected chi connectivity index (χ0v) is 10.3. The molecule has 0 aromatic carbocycles. The molecule has 4 nitrogen and oxygen atoms in total. The van der Waals surface area contributed by atoms with Crippen LogP contribution >= 0.6 is 0 Å². The van der Waals surface area contributed by atoms with Crippen molar-refractivity contribution < 1.29 is 4.74 Å². The molecule has 0 atom stereocenters. The number of pyridine rings is 1. The Morgan fingerprint density at radius 1 is 1.35 bits per heavy atom. The van der Waals surface area contributed by atoms with Crippen molar-refractivity contribution in [2.75, 3.05) is 30.4 Å². The van der Waals surface area contributed by atoms with Gasteiger partial charge in [0, 0.05) is 25.2 Å². The van der Waals surface area contributed by atoms with Gasteiger partial charge in [0.25, 0.3) is 0 Å². The van der Waals surface area contributed by atoms with Gasteiger partial charge in [0.15, 0.2) is 5.82 Å². The second kappa shape index (κ2) is 4.43. The Morgan fingerprint density at radius 2 is 2.18 bits per heavy atom. The second-order valence-electron chi connectivity index (χ2n) is 4.78. The average Bonchev–Trinajstić information content (AvgIpc) is 2.91. The van der Waals surface area contributed by atoms with Crippen LogP contribution in [0.25, 0.3) is 0 Å². The number of hydrogen-bond acceptors (Lipinski definition) is 4. The minimum atomic E-state index is 0.676. The van der Waals surface area contributed by atoms with E-state index in [0.29, 0.717) is 11.9 Å². The Kier molecular flexibility index (Phi) is 2.79. The van der Waals surface area contributed by atoms with Gasteiger partial charge in [0.05, 0.1) is 12.8 Å². The van der Waals surface area contributed by atoms with Crippen LogP contribution in [0.5, 0.6) is 5.88 Å². The smallest absolute Gasteiger partial charge is 0.215 e. The Balaban J connectivity index is 1.93. The zero-order chi connectivity index (χ0) is 11.7. The molecule has 0 saturated heterocycles. The summed E-state index contributed by atoms with van der Waals surface area (Å²) < 4.78 is 5.23. The second-order valence-corrected chi connectivity index (χ2v) is 4.78. The van der Waals surface area contributed by atoms with E-state index in [9.17, 15) is 0 Å². The number of methoxy groups -OCH3 is 1. The normalized spacial score (nSPS) is 19.9. The van der Waals surface area contributed by atoms with Crippen molar-refractivity contribution in [2.45, 2.75) is 31.7 Å². The first kappa shape index (κ1) is 10.7. The molecule has 0 bridgehead atoms. The van der Waals surface area contributed by atoms with Crippen LogP contribution in [0.4, 0.5) is 11.5 Å². The summed E-state index contributed by atoms with van der Waals surface area (Å²) in [6.07, 6.45) is 5.32. The summed E-state index contributed by atoms with van der Waals surface area (Å²) in [4.78, 5) is 7.06. The number of aromatic nitrogens is 1. The minimum absolute atomic E-state index is 0.676. The number of anilines is 2. The summed E-state index contributed by atoms with van der Waals surface area (Å²) >= 11 is 0. The van der Waals surface area contributed by atoms with Gasteiger partial charge < -0.3 is 15.0 Å². The maximum absolute atomic E-state index is 5.23. The van der Waals surface area contributed by atoms with Gasteiger partial charge in [-0.2, -0.15) is 4.98 Å². The molecule has 0 radical (unpaired) electrons. The molecule has 0 spiro atoms. The van der Waals surface area contributed by atoms with Crippen LogP contribution in [0.2, 0.25) is 0 Å². The van der Waals surface area contributed by atoms with Crippen molar-refractivity contribution in [3.8, 4) is 5.88 Å². The summed E-state index contributed by atoms with van der Waals surface area (Å²) in [5.74, 6) is 1.78. The highest BCUT2D eigenvalue weighted by Crippen LogP contribution is 2.34. The van der Waals surface area contributed by atoms with Gasteiger partial charge in [-0.15, -0.1) is 0 Å². The standard InChI is InChI=1S/C13H19N3O/c1-17-12-7-6-11-13(15-12)16(9-8-14-11)10-4-2-3-5-10/h6-7,10,14H,2-5,8-9H2,1H3. The molecule has 17 heavy (non-hydrogen) atoms. The fraction of sp³-hybridized carbons (Fsp3) is 0.615. The Hall–Kier alpha value is -1.45. The third-order valence-electron chi connectivity index (χ3n) is 3.76. The van der Waals surface area contributed by atoms with Crippen LogP contribution in [0.15, 0.2) is 12.1 Å². The third kappa shape index (κ3) is 1.92. The lowest BCUT2D eigenvalue weighted by atomic mass is 10.1. The number of hydrogen-bond donors (Lipinski definition) is 1. The van der Waals surface area contributed by atoms with E-state index in [1.165, 1.54) is 25.7 Å². The Bertz CT molecular complexity index is 402. The molecule has 2 heterocycles. The number of rotatable bonds is 2. The molecule has 4 heteroatoms. The number of nitrogens with zero attached hydrogens (tertiary/aromatic N) is 2. The Morgan fingerprint density at radius 3 is 2.94 bits per heavy atom. The highest BCUT2D eigenvalue weighted by Gasteiger charge is 2.27. The lowest BCUT2D eigenvalue weighted by Gasteiger charge is -2.35. The lowest BCUT2D eigenvalue weighted by molar-refractivity contribution is 0.397. The van der Waals surface area contributed by atoms with E-state index in [0.717, 1.165) is 24.6 Å². The van der Waals surface area contributed by atoms with Gasteiger partial charge in [-0.05, 0) is 18.9 Å². The molecule has 1 fully saturated rings. The number of nitrogens with one attached hydrogen (secondary N) is 1. The first-order chi connectivity index (χ1) is 8.38. The van der Waals surface area contributed by atoms with Crippen LogP contribution < -0.4 is 15.0 Å². The summed E-state index contributed by atoms with van der Waals surface area (Å²) in [5, 5.41) is 3.41. The quantitative estimate of drug-likeness (QED) is 0.850. The fourth-order valence-corrected chi connectivity index (χ4v) is 2.89. The molecular weight excluding hydrogens is 214 g/mol. The van der Waals surface area contributed by atoms with Gasteiger partial charge in [-0.25, -0.2) is 0 Å². The predicted octanol–water partition coefficient (Wildman–Crippen LogP) is 2.26. The SMILES string of the molecule is COc1ccc2c(n1)N(C1CCCC1)CCN2. The van der Waals surface area contributed by atoms with Crippen LogP contribution in [-0.4, -0.2) is 31.2 Å². The van der Waals surface area contributed by atoms with E-state index < -0.39 is 0 Å². The molecule has 0 amide bonds. The first-order valence-electron chi connectivity index (χ1n) is 6.44. The minimum Gasteiger partial charge on any atom is -0.481 e. The predicted molar refractivity (Wildman–Crippen MR) is 68.9 cm³/mol. The molecule has 1 aliphatic heterocycles. The topological polar surface area (TPSA) is 37.4 Å². The zero-order valence-electron chi connectivity index (χ0n) is 10.3. The van der Waals surface area contributed by atoms with Gasteiger partial charge >= 0.3 is 0 Å². The average molecular weight is 233 g/mol. The van der Waals surface area contributed by atoms with Gasteiger partial charge in [-0.3, -0.25) is 0 Å². The van der Waals surface area contributed by atoms with Gasteiger partial charge in [-0.1, -0.05) is 12.8 Å². The molecule has 1 N–H and O–H groups in total. The van der Waals surface area contributed by atoms with E-state index in [2.05, 4.69) is 21.3 Å². The van der Waals surface area contributed by atoms with Gasteiger partial charge in [0.2, 0.25) is 5.88 Å². The van der Waals surface area contributed by atoms with Crippen molar-refractivity contribution in [3.63, 3.8) is 0 Å². The molecule has 1 saturated carbocycles. The van der Waals surface area contributed by atoms with E-state index in [4.69, 9.17) is 4.74 Å². The van der Waals surface area contributed by atoms with Crippen molar-refractivity contribution >= 4 is 11.5 Å². The maximum Gasteiger partial charge on any atom is 0.215 e. The van der Waals surface area contributed by atoms with Gasteiger partial charge in [0.1, 0.15) is 0 Å². The summed E-state index contributed by atoms with van der Waals surface area (Å²) in [7, 11) is 1.67. The maximum atomic E-state index is 5.23. The summed E-state index contributed by atoms with van der Waals surface area (Å²) in [6.45, 7) is 2.06. The number of fused-ring (bicyclic) bond motifs is 1. The molecule has 1 aliphatic carbocycles. The van der Waals surface area contributed by atoms with Crippen LogP contribution in [-0.2, 0) is 0 Å². The number of ether oxygens (including phenoxy) is 1. The first-order valence-corrected chi connectivity index (χ1v) is 6.44. The lowest BCUT2D eigenvalue weighted by Crippen LogP contribution is -2.41. The summed E-state index contributed by atoms with van der Waals surface area (Å²) in [5.41, 5.74) is 1.14. The van der Waals surface area contributed by atoms with E-state index in [-0.39, 0.29) is 0 Å². The monoisotopic (exact) mass is 233 g/mol. The fourth-order valence-electron chi connectivity index (χ4n) is 2.89. The van der Waals surface area contributed by atoms with Crippen LogP contribution in [0.1, 0.15) is 25.7 Å². The molecule has 3 rings (SSSR count). The highest BCUT2D eigenvalue weighted by atomic mass is 16.5. The van der Waals surface area contributed by atoms with E-state index in [1.807, 2.05) is 6.07 Å². The van der Waals surface area contributed by atoms with E-state index in [1.54, 1.807) is 7.11 Å². The van der Waals surface area contributed by atoms with E-state index >= 15 is 0 Å². The van der Waals surface area contributed by atoms with Crippen molar-refractivity contribution in [1.82, 2.24) is 4.98 Å². The molecule has 2 aliphatic rings. The van der Waals surface area contributed by atoms with Crippen LogP contribution in [0.3, 0.4) is 0 Å². The highest BCUT2D eigenvalue weighted by molar-refractivity contribution is 5.69. The molecular formula is C13H19N3O. The largest absolute Gasteiger partial charge is 0.481 e. The Labute approximate surface area is 102 Å². The molecule has 1 aromatic rings. The van der Waals surface area contributed by atoms with Crippen LogP contribution in [0, 0.1) is 0 Å². The van der Waals surface area contributed by atoms with Crippen molar-refractivity contribution in [2.24, 2.45) is 0 Å². The molecule has 1 aromatic heterocycles. The van der Waals surface area contributed by atoms with Crippen molar-refractivity contribution in [1.29, 1.82) is 0 Å². The third-order valence-corrected chi connectivity index (χ3v) is 3.76. The molecule has 92 valence electrons. The molecule has 0 unspecified atom stereocenters. The van der Waals surface area contributed by atoms with Crippen molar-refractivity contribution in [3.05, 3.63) is 12.1 Å². The summed E-state index contributed by atoms with van der Waals surface area (Å²) in [6, 6.07) is 4.67.